The highest BCUT2D eigenvalue weighted by Gasteiger charge is 2.27. The first-order valence-electron chi connectivity index (χ1n) is 4.21. The molecule has 1 aliphatic rings. The van der Waals surface area contributed by atoms with Crippen LogP contribution in [0.1, 0.15) is 19.8 Å². The predicted octanol–water partition coefficient (Wildman–Crippen LogP) is 0.531. The van der Waals surface area contributed by atoms with Crippen LogP contribution in [0, 0.1) is 0 Å². The fourth-order valence-electron chi connectivity index (χ4n) is 1.23. The summed E-state index contributed by atoms with van der Waals surface area (Å²) in [7, 11) is 0. The molecule has 66 valence electrons. The molecule has 3 nitrogen and oxygen atoms in total. The zero-order valence-electron chi connectivity index (χ0n) is 7.14. The number of hydrogen-bond donors (Lipinski definition) is 1. The minimum Gasteiger partial charge on any atom is -0.381 e. The normalized spacial score (nSPS) is 23.5. The topological polar surface area (TPSA) is 44.5 Å². The second kappa shape index (κ2) is 4.04. The van der Waals surface area contributed by atoms with E-state index in [1.165, 1.54) is 0 Å². The van der Waals surface area contributed by atoms with Gasteiger partial charge in [0, 0.05) is 25.4 Å². The van der Waals surface area contributed by atoms with E-state index in [2.05, 4.69) is 0 Å². The van der Waals surface area contributed by atoms with Crippen LogP contribution in [0.4, 0.5) is 0 Å². The molecule has 1 aliphatic heterocycles. The highest BCUT2D eigenvalue weighted by molar-refractivity contribution is 4.85. The van der Waals surface area contributed by atoms with Crippen molar-refractivity contribution in [3.05, 3.63) is 0 Å². The third kappa shape index (κ3) is 2.77. The average Bonchev–Trinajstić information content (AvgIpc) is 2.03. The molecule has 0 aliphatic carbocycles. The molecule has 0 bridgehead atoms. The van der Waals surface area contributed by atoms with Gasteiger partial charge in [-0.3, -0.25) is 0 Å². The summed E-state index contributed by atoms with van der Waals surface area (Å²) in [6.45, 7) is 4.97. The van der Waals surface area contributed by atoms with Gasteiger partial charge in [0.25, 0.3) is 0 Å². The summed E-state index contributed by atoms with van der Waals surface area (Å²) in [5.74, 6) is 0. The zero-order valence-corrected chi connectivity index (χ0v) is 7.14. The van der Waals surface area contributed by atoms with Crippen LogP contribution in [0.3, 0.4) is 0 Å². The lowest BCUT2D eigenvalue weighted by Gasteiger charge is -2.32. The lowest BCUT2D eigenvalue weighted by Crippen LogP contribution is -2.48. The van der Waals surface area contributed by atoms with Crippen LogP contribution >= 0.6 is 0 Å². The van der Waals surface area contributed by atoms with Gasteiger partial charge in [-0.05, 0) is 19.8 Å². The molecular weight excluding hydrogens is 142 g/mol. The molecule has 1 heterocycles. The van der Waals surface area contributed by atoms with Gasteiger partial charge in [-0.25, -0.2) is 0 Å². The number of hydrogen-bond acceptors (Lipinski definition) is 3. The van der Waals surface area contributed by atoms with E-state index in [1.54, 1.807) is 0 Å². The fraction of sp³-hybridized carbons (Fsp3) is 1.00. The van der Waals surface area contributed by atoms with Crippen LogP contribution in [0.5, 0.6) is 0 Å². The maximum Gasteiger partial charge on any atom is 0.0647 e. The monoisotopic (exact) mass is 159 g/mol. The molecule has 1 rings (SSSR count). The molecule has 0 radical (unpaired) electrons. The lowest BCUT2D eigenvalue weighted by molar-refractivity contribution is 0.00783. The molecule has 2 N–H and O–H groups in total. The molecule has 0 aromatic rings. The van der Waals surface area contributed by atoms with Crippen LogP contribution < -0.4 is 5.73 Å². The predicted molar refractivity (Wildman–Crippen MR) is 43.5 cm³/mol. The number of rotatable bonds is 3. The SMILES string of the molecule is CCOCC1(N)CCOCC1. The van der Waals surface area contributed by atoms with Gasteiger partial charge < -0.3 is 15.2 Å². The number of nitrogens with two attached hydrogens (primary N) is 1. The lowest BCUT2D eigenvalue weighted by atomic mass is 9.92. The van der Waals surface area contributed by atoms with Crippen molar-refractivity contribution in [3.8, 4) is 0 Å². The van der Waals surface area contributed by atoms with Crippen molar-refractivity contribution in [1.29, 1.82) is 0 Å². The summed E-state index contributed by atoms with van der Waals surface area (Å²) in [5.41, 5.74) is 5.92. The zero-order chi connectivity index (χ0) is 8.16. The maximum atomic E-state index is 6.04. The largest absolute Gasteiger partial charge is 0.381 e. The van der Waals surface area contributed by atoms with Crippen molar-refractivity contribution in [2.45, 2.75) is 25.3 Å². The van der Waals surface area contributed by atoms with Crippen LogP contribution in [0.25, 0.3) is 0 Å². The second-order valence-corrected chi connectivity index (χ2v) is 3.11. The first-order chi connectivity index (χ1) is 5.27. The van der Waals surface area contributed by atoms with Crippen molar-refractivity contribution < 1.29 is 9.47 Å². The standard InChI is InChI=1S/C8H17NO2/c1-2-10-7-8(9)3-5-11-6-4-8/h2-7,9H2,1H3. The molecule has 11 heavy (non-hydrogen) atoms. The van der Waals surface area contributed by atoms with E-state index >= 15 is 0 Å². The van der Waals surface area contributed by atoms with Crippen LogP contribution in [0.2, 0.25) is 0 Å². The van der Waals surface area contributed by atoms with Crippen LogP contribution in [-0.2, 0) is 9.47 Å². The second-order valence-electron chi connectivity index (χ2n) is 3.11. The van der Waals surface area contributed by atoms with Gasteiger partial charge in [0.15, 0.2) is 0 Å². The molecule has 1 fully saturated rings. The van der Waals surface area contributed by atoms with Crippen molar-refractivity contribution in [3.63, 3.8) is 0 Å². The van der Waals surface area contributed by atoms with Crippen molar-refractivity contribution >= 4 is 0 Å². The Morgan fingerprint density at radius 1 is 1.45 bits per heavy atom. The van der Waals surface area contributed by atoms with E-state index in [0.29, 0.717) is 6.61 Å². The Hall–Kier alpha value is -0.120. The quantitative estimate of drug-likeness (QED) is 0.653. The Kier molecular flexibility index (Phi) is 3.30. The molecular formula is C8H17NO2. The molecule has 3 heteroatoms. The molecule has 0 aromatic carbocycles. The van der Waals surface area contributed by atoms with Crippen LogP contribution in [-0.4, -0.2) is 32.0 Å². The Morgan fingerprint density at radius 2 is 2.09 bits per heavy atom. The Morgan fingerprint density at radius 3 is 2.64 bits per heavy atom. The van der Waals surface area contributed by atoms with E-state index in [-0.39, 0.29) is 5.54 Å². The fourth-order valence-corrected chi connectivity index (χ4v) is 1.23. The highest BCUT2D eigenvalue weighted by Crippen LogP contribution is 2.17. The minimum absolute atomic E-state index is 0.117. The Bertz CT molecular complexity index is 111. The molecule has 0 spiro atoms. The van der Waals surface area contributed by atoms with Gasteiger partial charge in [0.05, 0.1) is 6.61 Å². The van der Waals surface area contributed by atoms with Crippen molar-refractivity contribution in [2.24, 2.45) is 5.73 Å². The number of ether oxygens (including phenoxy) is 2. The smallest absolute Gasteiger partial charge is 0.0647 e. The minimum atomic E-state index is -0.117. The Balaban J connectivity index is 2.25. The van der Waals surface area contributed by atoms with E-state index in [9.17, 15) is 0 Å². The summed E-state index contributed by atoms with van der Waals surface area (Å²) < 4.78 is 10.5. The Labute approximate surface area is 67.9 Å². The molecule has 1 saturated heterocycles. The summed E-state index contributed by atoms with van der Waals surface area (Å²) in [6.07, 6.45) is 1.85. The van der Waals surface area contributed by atoms with Gasteiger partial charge in [-0.1, -0.05) is 0 Å². The molecule has 0 unspecified atom stereocenters. The molecule has 0 saturated carbocycles. The first-order valence-corrected chi connectivity index (χ1v) is 4.21. The third-order valence-corrected chi connectivity index (χ3v) is 2.08. The van der Waals surface area contributed by atoms with Gasteiger partial charge in [0.2, 0.25) is 0 Å². The maximum absolute atomic E-state index is 6.04. The van der Waals surface area contributed by atoms with Gasteiger partial charge in [-0.2, -0.15) is 0 Å². The van der Waals surface area contributed by atoms with Crippen molar-refractivity contribution in [2.75, 3.05) is 26.4 Å². The summed E-state index contributed by atoms with van der Waals surface area (Å²) in [4.78, 5) is 0. The summed E-state index contributed by atoms with van der Waals surface area (Å²) >= 11 is 0. The van der Waals surface area contributed by atoms with E-state index in [1.807, 2.05) is 6.92 Å². The van der Waals surface area contributed by atoms with Gasteiger partial charge in [0.1, 0.15) is 0 Å². The van der Waals surface area contributed by atoms with Gasteiger partial charge >= 0.3 is 0 Å². The summed E-state index contributed by atoms with van der Waals surface area (Å²) in [5, 5.41) is 0. The van der Waals surface area contributed by atoms with E-state index in [0.717, 1.165) is 32.7 Å². The van der Waals surface area contributed by atoms with Gasteiger partial charge in [-0.15, -0.1) is 0 Å². The van der Waals surface area contributed by atoms with Crippen molar-refractivity contribution in [1.82, 2.24) is 0 Å². The molecule has 0 aromatic heterocycles. The molecule has 0 amide bonds. The first kappa shape index (κ1) is 8.97. The van der Waals surface area contributed by atoms with E-state index in [4.69, 9.17) is 15.2 Å². The average molecular weight is 159 g/mol. The van der Waals surface area contributed by atoms with Crippen LogP contribution in [0.15, 0.2) is 0 Å². The molecule has 0 atom stereocenters. The highest BCUT2D eigenvalue weighted by atomic mass is 16.5. The van der Waals surface area contributed by atoms with E-state index < -0.39 is 0 Å². The summed E-state index contributed by atoms with van der Waals surface area (Å²) in [6, 6.07) is 0. The third-order valence-electron chi connectivity index (χ3n) is 2.08.